The Bertz CT molecular complexity index is 642. The van der Waals surface area contributed by atoms with Crippen molar-refractivity contribution in [2.45, 2.75) is 26.4 Å². The summed E-state index contributed by atoms with van der Waals surface area (Å²) in [5.74, 6) is 0.461. The van der Waals surface area contributed by atoms with Gasteiger partial charge < -0.3 is 14.8 Å². The SMILES string of the molecule is CCCCOc1ccc(C(=O)Nc2ccc(OC(F)F)cc2)cc1. The second-order valence-electron chi connectivity index (χ2n) is 5.08. The molecule has 2 aromatic rings. The quantitative estimate of drug-likeness (QED) is 0.710. The topological polar surface area (TPSA) is 47.6 Å². The van der Waals surface area contributed by atoms with Gasteiger partial charge in [-0.25, -0.2) is 0 Å². The highest BCUT2D eigenvalue weighted by Crippen LogP contribution is 2.19. The van der Waals surface area contributed by atoms with Crippen molar-refractivity contribution in [3.63, 3.8) is 0 Å². The number of anilines is 1. The Labute approximate surface area is 139 Å². The third kappa shape index (κ3) is 5.53. The second kappa shape index (κ2) is 8.86. The summed E-state index contributed by atoms with van der Waals surface area (Å²) >= 11 is 0. The molecule has 1 N–H and O–H groups in total. The number of carbonyl (C=O) groups excluding carboxylic acids is 1. The molecular formula is C18H19F2NO3. The van der Waals surface area contributed by atoms with Crippen molar-refractivity contribution < 1.29 is 23.0 Å². The molecule has 0 saturated heterocycles. The van der Waals surface area contributed by atoms with Crippen LogP contribution in [0.4, 0.5) is 14.5 Å². The van der Waals surface area contributed by atoms with Crippen LogP contribution in [0, 0.1) is 0 Å². The molecule has 0 aliphatic carbocycles. The minimum absolute atomic E-state index is 0.0385. The number of ether oxygens (including phenoxy) is 2. The van der Waals surface area contributed by atoms with Gasteiger partial charge in [0.1, 0.15) is 11.5 Å². The normalized spacial score (nSPS) is 10.5. The van der Waals surface area contributed by atoms with Gasteiger partial charge in [0.05, 0.1) is 6.61 Å². The molecule has 24 heavy (non-hydrogen) atoms. The smallest absolute Gasteiger partial charge is 0.387 e. The molecular weight excluding hydrogens is 316 g/mol. The number of alkyl halides is 2. The van der Waals surface area contributed by atoms with E-state index in [1.807, 2.05) is 0 Å². The van der Waals surface area contributed by atoms with E-state index in [2.05, 4.69) is 17.0 Å². The van der Waals surface area contributed by atoms with Gasteiger partial charge in [0.25, 0.3) is 5.91 Å². The lowest BCUT2D eigenvalue weighted by molar-refractivity contribution is -0.0498. The van der Waals surface area contributed by atoms with Gasteiger partial charge in [-0.3, -0.25) is 4.79 Å². The maximum atomic E-state index is 12.1. The number of nitrogens with one attached hydrogen (secondary N) is 1. The van der Waals surface area contributed by atoms with Gasteiger partial charge in [0.15, 0.2) is 0 Å². The first-order valence-electron chi connectivity index (χ1n) is 7.67. The first kappa shape index (κ1) is 17.7. The predicted molar refractivity (Wildman–Crippen MR) is 87.9 cm³/mol. The van der Waals surface area contributed by atoms with E-state index in [4.69, 9.17) is 4.74 Å². The van der Waals surface area contributed by atoms with Crippen LogP contribution in [0.25, 0.3) is 0 Å². The molecule has 4 nitrogen and oxygen atoms in total. The Hall–Kier alpha value is -2.63. The van der Waals surface area contributed by atoms with Gasteiger partial charge in [-0.2, -0.15) is 8.78 Å². The molecule has 0 radical (unpaired) electrons. The van der Waals surface area contributed by atoms with Crippen LogP contribution in [0.3, 0.4) is 0 Å². The number of halogens is 2. The van der Waals surface area contributed by atoms with Gasteiger partial charge in [-0.15, -0.1) is 0 Å². The summed E-state index contributed by atoms with van der Waals surface area (Å²) in [7, 11) is 0. The minimum Gasteiger partial charge on any atom is -0.494 e. The van der Waals surface area contributed by atoms with E-state index in [1.165, 1.54) is 24.3 Å². The monoisotopic (exact) mass is 335 g/mol. The van der Waals surface area contributed by atoms with Crippen molar-refractivity contribution in [1.82, 2.24) is 0 Å². The Morgan fingerprint density at radius 3 is 2.25 bits per heavy atom. The maximum Gasteiger partial charge on any atom is 0.387 e. The highest BCUT2D eigenvalue weighted by Gasteiger charge is 2.08. The Balaban J connectivity index is 1.91. The number of amides is 1. The summed E-state index contributed by atoms with van der Waals surface area (Å²) in [6.07, 6.45) is 2.04. The van der Waals surface area contributed by atoms with Crippen LogP contribution >= 0.6 is 0 Å². The standard InChI is InChI=1S/C18H19F2NO3/c1-2-3-12-23-15-8-4-13(5-9-15)17(22)21-14-6-10-16(11-7-14)24-18(19)20/h4-11,18H,2-3,12H2,1H3,(H,21,22). The van der Waals surface area contributed by atoms with Gasteiger partial charge in [-0.1, -0.05) is 13.3 Å². The molecule has 0 saturated carbocycles. The molecule has 0 aliphatic heterocycles. The largest absolute Gasteiger partial charge is 0.494 e. The van der Waals surface area contributed by atoms with E-state index in [0.717, 1.165) is 12.8 Å². The number of hydrogen-bond acceptors (Lipinski definition) is 3. The van der Waals surface area contributed by atoms with Crippen LogP contribution in [0.1, 0.15) is 30.1 Å². The third-order valence-corrected chi connectivity index (χ3v) is 3.22. The summed E-state index contributed by atoms with van der Waals surface area (Å²) in [6.45, 7) is -0.138. The van der Waals surface area contributed by atoms with E-state index in [9.17, 15) is 13.6 Å². The maximum absolute atomic E-state index is 12.1. The second-order valence-corrected chi connectivity index (χ2v) is 5.08. The van der Waals surface area contributed by atoms with Crippen LogP contribution in [-0.2, 0) is 0 Å². The highest BCUT2D eigenvalue weighted by atomic mass is 19.3. The van der Waals surface area contributed by atoms with Crippen LogP contribution in [0.15, 0.2) is 48.5 Å². The van der Waals surface area contributed by atoms with Crippen LogP contribution in [0.5, 0.6) is 11.5 Å². The third-order valence-electron chi connectivity index (χ3n) is 3.22. The summed E-state index contributed by atoms with van der Waals surface area (Å²) in [4.78, 5) is 12.1. The van der Waals surface area contributed by atoms with E-state index < -0.39 is 6.61 Å². The van der Waals surface area contributed by atoms with E-state index >= 15 is 0 Å². The van der Waals surface area contributed by atoms with E-state index in [0.29, 0.717) is 23.6 Å². The van der Waals surface area contributed by atoms with Crippen LogP contribution < -0.4 is 14.8 Å². The molecule has 0 aromatic heterocycles. The zero-order chi connectivity index (χ0) is 17.4. The Morgan fingerprint density at radius 2 is 1.67 bits per heavy atom. The fourth-order valence-corrected chi connectivity index (χ4v) is 1.96. The lowest BCUT2D eigenvalue weighted by Gasteiger charge is -2.09. The number of unbranched alkanes of at least 4 members (excludes halogenated alkanes) is 1. The van der Waals surface area contributed by atoms with Crippen molar-refractivity contribution in [3.05, 3.63) is 54.1 Å². The van der Waals surface area contributed by atoms with E-state index in [-0.39, 0.29) is 11.7 Å². The lowest BCUT2D eigenvalue weighted by Crippen LogP contribution is -2.11. The van der Waals surface area contributed by atoms with E-state index in [1.54, 1.807) is 24.3 Å². The first-order valence-corrected chi connectivity index (χ1v) is 7.67. The van der Waals surface area contributed by atoms with Crippen molar-refractivity contribution in [3.8, 4) is 11.5 Å². The molecule has 6 heteroatoms. The summed E-state index contributed by atoms with van der Waals surface area (Å²) in [6, 6.07) is 12.6. The average molecular weight is 335 g/mol. The molecule has 0 heterocycles. The molecule has 2 rings (SSSR count). The molecule has 0 spiro atoms. The fraction of sp³-hybridized carbons (Fsp3) is 0.278. The number of hydrogen-bond donors (Lipinski definition) is 1. The zero-order valence-corrected chi connectivity index (χ0v) is 13.3. The number of rotatable bonds is 8. The molecule has 0 aliphatic rings. The van der Waals surface area contributed by atoms with Crippen LogP contribution in [-0.4, -0.2) is 19.1 Å². The molecule has 2 aromatic carbocycles. The first-order chi connectivity index (χ1) is 11.6. The molecule has 0 unspecified atom stereocenters. The average Bonchev–Trinajstić information content (AvgIpc) is 2.57. The van der Waals surface area contributed by atoms with Gasteiger partial charge >= 0.3 is 6.61 Å². The van der Waals surface area contributed by atoms with Crippen molar-refractivity contribution in [1.29, 1.82) is 0 Å². The van der Waals surface area contributed by atoms with Crippen molar-refractivity contribution in [2.24, 2.45) is 0 Å². The van der Waals surface area contributed by atoms with Gasteiger partial charge in [0.2, 0.25) is 0 Å². The fourth-order valence-electron chi connectivity index (χ4n) is 1.96. The Morgan fingerprint density at radius 1 is 1.04 bits per heavy atom. The predicted octanol–water partition coefficient (Wildman–Crippen LogP) is 4.72. The minimum atomic E-state index is -2.87. The lowest BCUT2D eigenvalue weighted by atomic mass is 10.2. The Kier molecular flexibility index (Phi) is 6.54. The molecule has 0 bridgehead atoms. The molecule has 0 atom stereocenters. The van der Waals surface area contributed by atoms with Gasteiger partial charge in [-0.05, 0) is 55.0 Å². The summed E-state index contributed by atoms with van der Waals surface area (Å²) < 4.78 is 34.0. The zero-order valence-electron chi connectivity index (χ0n) is 13.3. The van der Waals surface area contributed by atoms with Crippen molar-refractivity contribution >= 4 is 11.6 Å². The highest BCUT2D eigenvalue weighted by molar-refractivity contribution is 6.04. The molecule has 0 fully saturated rings. The summed E-state index contributed by atoms with van der Waals surface area (Å²) in [5.41, 5.74) is 0.968. The number of carbonyl (C=O) groups is 1. The van der Waals surface area contributed by atoms with Crippen molar-refractivity contribution in [2.75, 3.05) is 11.9 Å². The summed E-state index contributed by atoms with van der Waals surface area (Å²) in [5, 5.41) is 2.69. The molecule has 1 amide bonds. The number of benzene rings is 2. The molecule has 128 valence electrons. The van der Waals surface area contributed by atoms with Gasteiger partial charge in [0, 0.05) is 11.3 Å². The van der Waals surface area contributed by atoms with Crippen LogP contribution in [0.2, 0.25) is 0 Å².